The molecule has 0 aromatic carbocycles. The fraction of sp³-hybridized carbons (Fsp3) is 0.500. The number of carbonyl (C=O) groups is 2. The van der Waals surface area contributed by atoms with Crippen molar-refractivity contribution in [2.75, 3.05) is 13.7 Å². The van der Waals surface area contributed by atoms with Gasteiger partial charge in [0, 0.05) is 30.6 Å². The SMILES string of the molecule is CCOC(C(=O)N[C@H]1CC[C@H](OC(N)=O)CC1)c1cnc(-c2cnc(OC)nc2)cn1. The number of nitrogens with two attached hydrogens (primary N) is 1. The number of ether oxygens (including phenoxy) is 3. The number of methoxy groups -OCH3 is 1. The van der Waals surface area contributed by atoms with Crippen LogP contribution in [0.2, 0.25) is 0 Å². The zero-order valence-corrected chi connectivity index (χ0v) is 17.5. The van der Waals surface area contributed by atoms with Crippen molar-refractivity contribution in [2.45, 2.75) is 50.9 Å². The fourth-order valence-electron chi connectivity index (χ4n) is 3.40. The average Bonchev–Trinajstić information content (AvgIpc) is 2.78. The lowest BCUT2D eigenvalue weighted by Gasteiger charge is -2.29. The van der Waals surface area contributed by atoms with Gasteiger partial charge in [-0.25, -0.2) is 14.8 Å². The van der Waals surface area contributed by atoms with Crippen LogP contribution >= 0.6 is 0 Å². The Labute approximate surface area is 179 Å². The number of carbonyl (C=O) groups excluding carboxylic acids is 2. The predicted molar refractivity (Wildman–Crippen MR) is 109 cm³/mol. The number of nitrogens with one attached hydrogen (secondary N) is 1. The minimum absolute atomic E-state index is 0.0353. The Kier molecular flexibility index (Phi) is 7.65. The van der Waals surface area contributed by atoms with Gasteiger partial charge in [-0.1, -0.05) is 0 Å². The van der Waals surface area contributed by atoms with Crippen LogP contribution in [-0.2, 0) is 14.3 Å². The lowest BCUT2D eigenvalue weighted by atomic mass is 9.92. The second kappa shape index (κ2) is 10.6. The lowest BCUT2D eigenvalue weighted by molar-refractivity contribution is -0.134. The lowest BCUT2D eigenvalue weighted by Crippen LogP contribution is -2.42. The molecule has 31 heavy (non-hydrogen) atoms. The molecular formula is C20H26N6O5. The molecule has 3 rings (SSSR count). The summed E-state index contributed by atoms with van der Waals surface area (Å²) in [4.78, 5) is 40.6. The zero-order valence-electron chi connectivity index (χ0n) is 17.5. The Morgan fingerprint density at radius 3 is 2.35 bits per heavy atom. The highest BCUT2D eigenvalue weighted by atomic mass is 16.6. The fourth-order valence-corrected chi connectivity index (χ4v) is 3.40. The molecule has 11 heteroatoms. The summed E-state index contributed by atoms with van der Waals surface area (Å²) in [6.07, 6.45) is 7.04. The van der Waals surface area contributed by atoms with E-state index in [2.05, 4.69) is 25.3 Å². The maximum absolute atomic E-state index is 12.8. The molecule has 2 aromatic rings. The molecule has 166 valence electrons. The van der Waals surface area contributed by atoms with Crippen molar-refractivity contribution >= 4 is 12.0 Å². The summed E-state index contributed by atoms with van der Waals surface area (Å²) in [7, 11) is 1.49. The van der Waals surface area contributed by atoms with Crippen LogP contribution in [0.1, 0.15) is 44.4 Å². The molecule has 1 aliphatic rings. The molecule has 0 spiro atoms. The molecule has 2 heterocycles. The first-order valence-corrected chi connectivity index (χ1v) is 10.1. The minimum atomic E-state index is -0.877. The van der Waals surface area contributed by atoms with Crippen LogP contribution < -0.4 is 15.8 Å². The largest absolute Gasteiger partial charge is 0.467 e. The van der Waals surface area contributed by atoms with Crippen molar-refractivity contribution < 1.29 is 23.8 Å². The smallest absolute Gasteiger partial charge is 0.404 e. The molecule has 1 fully saturated rings. The quantitative estimate of drug-likeness (QED) is 0.635. The third kappa shape index (κ3) is 6.07. The van der Waals surface area contributed by atoms with Gasteiger partial charge >= 0.3 is 12.1 Å². The molecular weight excluding hydrogens is 404 g/mol. The van der Waals surface area contributed by atoms with Crippen LogP contribution in [0.25, 0.3) is 11.3 Å². The van der Waals surface area contributed by atoms with E-state index in [1.165, 1.54) is 13.3 Å². The highest BCUT2D eigenvalue weighted by Gasteiger charge is 2.29. The van der Waals surface area contributed by atoms with Gasteiger partial charge in [-0.05, 0) is 32.6 Å². The van der Waals surface area contributed by atoms with E-state index in [0.717, 1.165) is 0 Å². The summed E-state index contributed by atoms with van der Waals surface area (Å²) in [6, 6.07) is 0.225. The van der Waals surface area contributed by atoms with Gasteiger partial charge in [0.1, 0.15) is 6.10 Å². The van der Waals surface area contributed by atoms with E-state index < -0.39 is 12.2 Å². The Morgan fingerprint density at radius 1 is 1.10 bits per heavy atom. The minimum Gasteiger partial charge on any atom is -0.467 e. The Bertz CT molecular complexity index is 869. The molecule has 1 saturated carbocycles. The van der Waals surface area contributed by atoms with E-state index >= 15 is 0 Å². The highest BCUT2D eigenvalue weighted by Crippen LogP contribution is 2.23. The van der Waals surface area contributed by atoms with Gasteiger partial charge in [-0.2, -0.15) is 0 Å². The van der Waals surface area contributed by atoms with Crippen molar-refractivity contribution in [1.29, 1.82) is 0 Å². The van der Waals surface area contributed by atoms with Crippen LogP contribution in [0.3, 0.4) is 0 Å². The number of primary amides is 1. The molecule has 1 unspecified atom stereocenters. The molecule has 3 N–H and O–H groups in total. The standard InChI is InChI=1S/C20H26N6O5/c1-3-30-17(18(27)26-13-4-6-14(7-5-13)31-19(21)28)16-11-22-15(10-23-16)12-8-24-20(29-2)25-9-12/h8-11,13-14,17H,3-7H2,1-2H3,(H2,21,28)(H,26,27)/t13-,14-,17?. The van der Waals surface area contributed by atoms with Crippen molar-refractivity contribution in [1.82, 2.24) is 25.3 Å². The predicted octanol–water partition coefficient (Wildman–Crippen LogP) is 1.54. The van der Waals surface area contributed by atoms with Crippen molar-refractivity contribution in [3.8, 4) is 17.3 Å². The van der Waals surface area contributed by atoms with Gasteiger partial charge in [0.15, 0.2) is 6.10 Å². The molecule has 2 amide bonds. The number of amides is 2. The number of hydrogen-bond donors (Lipinski definition) is 2. The summed E-state index contributed by atoms with van der Waals surface area (Å²) in [6.45, 7) is 2.15. The molecule has 11 nitrogen and oxygen atoms in total. The number of nitrogens with zero attached hydrogens (tertiary/aromatic N) is 4. The molecule has 1 aliphatic carbocycles. The van der Waals surface area contributed by atoms with Crippen molar-refractivity contribution in [2.24, 2.45) is 5.73 Å². The van der Waals surface area contributed by atoms with E-state index in [9.17, 15) is 9.59 Å². The number of aromatic nitrogens is 4. The molecule has 0 aliphatic heterocycles. The van der Waals surface area contributed by atoms with Gasteiger partial charge in [0.2, 0.25) is 0 Å². The third-order valence-electron chi connectivity index (χ3n) is 4.92. The highest BCUT2D eigenvalue weighted by molar-refractivity contribution is 5.82. The van der Waals surface area contributed by atoms with Gasteiger partial charge in [-0.15, -0.1) is 0 Å². The maximum Gasteiger partial charge on any atom is 0.404 e. The normalized spacial score (nSPS) is 19.3. The summed E-state index contributed by atoms with van der Waals surface area (Å²) in [5.41, 5.74) is 6.71. The van der Waals surface area contributed by atoms with Crippen LogP contribution in [-0.4, -0.2) is 57.8 Å². The Morgan fingerprint density at radius 2 is 1.81 bits per heavy atom. The zero-order chi connectivity index (χ0) is 22.2. The topological polar surface area (TPSA) is 151 Å². The number of hydrogen-bond acceptors (Lipinski definition) is 9. The van der Waals surface area contributed by atoms with Crippen LogP contribution in [0.15, 0.2) is 24.8 Å². The third-order valence-corrected chi connectivity index (χ3v) is 4.92. The van der Waals surface area contributed by atoms with E-state index in [0.29, 0.717) is 49.2 Å². The van der Waals surface area contributed by atoms with E-state index in [1.807, 2.05) is 6.92 Å². The first-order valence-electron chi connectivity index (χ1n) is 10.1. The summed E-state index contributed by atoms with van der Waals surface area (Å²) in [5, 5.41) is 3.00. The van der Waals surface area contributed by atoms with E-state index in [-0.39, 0.29) is 24.1 Å². The molecule has 1 atom stereocenters. The molecule has 0 radical (unpaired) electrons. The molecule has 2 aromatic heterocycles. The summed E-state index contributed by atoms with van der Waals surface area (Å²) < 4.78 is 15.6. The van der Waals surface area contributed by atoms with Crippen molar-refractivity contribution in [3.05, 3.63) is 30.5 Å². The van der Waals surface area contributed by atoms with Crippen LogP contribution in [0.5, 0.6) is 6.01 Å². The van der Waals surface area contributed by atoms with Crippen LogP contribution in [0.4, 0.5) is 4.79 Å². The van der Waals surface area contributed by atoms with Crippen molar-refractivity contribution in [3.63, 3.8) is 0 Å². The molecule has 0 bridgehead atoms. The van der Waals surface area contributed by atoms with Gasteiger partial charge < -0.3 is 25.3 Å². The summed E-state index contributed by atoms with van der Waals surface area (Å²) in [5.74, 6) is -0.282. The molecule has 0 saturated heterocycles. The summed E-state index contributed by atoms with van der Waals surface area (Å²) >= 11 is 0. The van der Waals surface area contributed by atoms with Gasteiger partial charge in [0.05, 0.1) is 30.9 Å². The first-order chi connectivity index (χ1) is 15.0. The number of rotatable bonds is 8. The van der Waals surface area contributed by atoms with E-state index in [1.54, 1.807) is 18.6 Å². The van der Waals surface area contributed by atoms with E-state index in [4.69, 9.17) is 19.9 Å². The second-order valence-corrected chi connectivity index (χ2v) is 7.04. The van der Waals surface area contributed by atoms with Gasteiger partial charge in [-0.3, -0.25) is 14.8 Å². The second-order valence-electron chi connectivity index (χ2n) is 7.04. The maximum atomic E-state index is 12.8. The van der Waals surface area contributed by atoms with Crippen LogP contribution in [0, 0.1) is 0 Å². The Hall–Kier alpha value is -3.34. The Balaban J connectivity index is 1.62. The average molecular weight is 430 g/mol. The first kappa shape index (κ1) is 22.3. The monoisotopic (exact) mass is 430 g/mol. The van der Waals surface area contributed by atoms with Gasteiger partial charge in [0.25, 0.3) is 5.91 Å².